The number of aldehydes is 1. The quantitative estimate of drug-likeness (QED) is 0.721. The minimum atomic E-state index is 0.511. The van der Waals surface area contributed by atoms with Gasteiger partial charge in [0, 0.05) is 6.54 Å². The lowest BCUT2D eigenvalue weighted by atomic mass is 9.90. The molecule has 0 N–H and O–H groups in total. The number of hydrogen-bond acceptors (Lipinski definition) is 2. The van der Waals surface area contributed by atoms with Crippen LogP contribution in [0.5, 0.6) is 0 Å². The van der Waals surface area contributed by atoms with Gasteiger partial charge in [-0.2, -0.15) is 0 Å². The molecule has 0 saturated carbocycles. The van der Waals surface area contributed by atoms with Gasteiger partial charge in [0.2, 0.25) is 0 Å². The fourth-order valence-electron chi connectivity index (χ4n) is 2.39. The Kier molecular flexibility index (Phi) is 3.73. The van der Waals surface area contributed by atoms with Gasteiger partial charge in [-0.3, -0.25) is 4.90 Å². The van der Waals surface area contributed by atoms with E-state index in [1.165, 1.54) is 42.4 Å². The van der Waals surface area contributed by atoms with Crippen LogP contribution in [0.1, 0.15) is 29.5 Å². The lowest BCUT2D eigenvalue weighted by Gasteiger charge is -2.18. The highest BCUT2D eigenvalue weighted by Crippen LogP contribution is 2.22. The van der Waals surface area contributed by atoms with E-state index in [9.17, 15) is 4.79 Å². The third kappa shape index (κ3) is 2.70. The van der Waals surface area contributed by atoms with Crippen molar-refractivity contribution in [3.8, 4) is 0 Å². The van der Waals surface area contributed by atoms with Crippen molar-refractivity contribution in [3.05, 3.63) is 34.9 Å². The third-order valence-electron chi connectivity index (χ3n) is 3.25. The number of aryl methyl sites for hydroxylation is 2. The Morgan fingerprint density at radius 2 is 2.00 bits per heavy atom. The fourth-order valence-corrected chi connectivity index (χ4v) is 2.39. The highest BCUT2D eigenvalue weighted by molar-refractivity contribution is 5.51. The molecule has 0 heterocycles. The summed E-state index contributed by atoms with van der Waals surface area (Å²) in [6.07, 6.45) is 6.07. The summed E-state index contributed by atoms with van der Waals surface area (Å²) in [5.41, 5.74) is 4.36. The molecule has 0 amide bonds. The maximum atomic E-state index is 10.4. The molecule has 0 aromatic heterocycles. The van der Waals surface area contributed by atoms with Crippen LogP contribution in [0.4, 0.5) is 0 Å². The summed E-state index contributed by atoms with van der Waals surface area (Å²) < 4.78 is 0. The summed E-state index contributed by atoms with van der Waals surface area (Å²) in [4.78, 5) is 12.4. The first-order valence-electron chi connectivity index (χ1n) is 6.02. The molecule has 0 spiro atoms. The van der Waals surface area contributed by atoms with Crippen LogP contribution in [-0.4, -0.2) is 24.8 Å². The number of likely N-dealkylation sites (N-methyl/N-ethyl adjacent to an activating group) is 1. The smallest absolute Gasteiger partial charge is 0.133 e. The first-order chi connectivity index (χ1) is 7.79. The molecule has 1 aromatic carbocycles. The van der Waals surface area contributed by atoms with Gasteiger partial charge in [-0.25, -0.2) is 0 Å². The Bertz CT molecular complexity index is 373. The van der Waals surface area contributed by atoms with E-state index in [0.29, 0.717) is 6.54 Å². The van der Waals surface area contributed by atoms with Crippen LogP contribution in [0.15, 0.2) is 18.2 Å². The fraction of sp³-hybridized carbons (Fsp3) is 0.500. The van der Waals surface area contributed by atoms with Crippen LogP contribution in [0, 0.1) is 0 Å². The second-order valence-corrected chi connectivity index (χ2v) is 4.67. The van der Waals surface area contributed by atoms with Crippen LogP contribution in [0.25, 0.3) is 0 Å². The molecule has 2 rings (SSSR count). The number of rotatable bonds is 4. The molecule has 0 saturated heterocycles. The molecular weight excluding hydrogens is 198 g/mol. The van der Waals surface area contributed by atoms with Crippen molar-refractivity contribution in [2.24, 2.45) is 0 Å². The van der Waals surface area contributed by atoms with Crippen LogP contribution < -0.4 is 0 Å². The maximum Gasteiger partial charge on any atom is 0.133 e. The lowest BCUT2D eigenvalue weighted by Crippen LogP contribution is -2.20. The highest BCUT2D eigenvalue weighted by atomic mass is 16.1. The molecule has 0 fully saturated rings. The SMILES string of the molecule is CN(CC=O)Cc1ccc2c(c1)CCCC2. The molecule has 0 unspecified atom stereocenters. The second kappa shape index (κ2) is 5.26. The molecule has 86 valence electrons. The van der Waals surface area contributed by atoms with Crippen molar-refractivity contribution >= 4 is 6.29 Å². The van der Waals surface area contributed by atoms with Crippen molar-refractivity contribution in [3.63, 3.8) is 0 Å². The molecule has 0 aliphatic heterocycles. The number of benzene rings is 1. The first kappa shape index (κ1) is 11.3. The summed E-state index contributed by atoms with van der Waals surface area (Å²) in [5.74, 6) is 0. The Balaban J connectivity index is 2.08. The minimum Gasteiger partial charge on any atom is -0.302 e. The van der Waals surface area contributed by atoms with Crippen molar-refractivity contribution in [1.29, 1.82) is 0 Å². The van der Waals surface area contributed by atoms with Gasteiger partial charge in [-0.15, -0.1) is 0 Å². The van der Waals surface area contributed by atoms with Gasteiger partial charge in [-0.1, -0.05) is 18.2 Å². The molecule has 16 heavy (non-hydrogen) atoms. The third-order valence-corrected chi connectivity index (χ3v) is 3.25. The van der Waals surface area contributed by atoms with Crippen LogP contribution >= 0.6 is 0 Å². The average Bonchev–Trinajstić information content (AvgIpc) is 2.29. The van der Waals surface area contributed by atoms with Crippen LogP contribution in [-0.2, 0) is 24.2 Å². The summed E-state index contributed by atoms with van der Waals surface area (Å²) in [6.45, 7) is 1.38. The van der Waals surface area contributed by atoms with E-state index in [4.69, 9.17) is 0 Å². The topological polar surface area (TPSA) is 20.3 Å². The van der Waals surface area contributed by atoms with E-state index in [2.05, 4.69) is 18.2 Å². The molecule has 2 nitrogen and oxygen atoms in total. The van der Waals surface area contributed by atoms with Crippen molar-refractivity contribution in [1.82, 2.24) is 4.90 Å². The predicted molar refractivity (Wildman–Crippen MR) is 65.5 cm³/mol. The van der Waals surface area contributed by atoms with E-state index in [0.717, 1.165) is 12.8 Å². The summed E-state index contributed by atoms with van der Waals surface area (Å²) in [5, 5.41) is 0. The van der Waals surface area contributed by atoms with Gasteiger partial charge in [0.1, 0.15) is 6.29 Å². The molecule has 0 atom stereocenters. The van der Waals surface area contributed by atoms with Crippen molar-refractivity contribution in [2.75, 3.05) is 13.6 Å². The Morgan fingerprint density at radius 3 is 2.75 bits per heavy atom. The van der Waals surface area contributed by atoms with Gasteiger partial charge in [0.05, 0.1) is 6.54 Å². The molecule has 2 heteroatoms. The van der Waals surface area contributed by atoms with Crippen molar-refractivity contribution in [2.45, 2.75) is 32.2 Å². The van der Waals surface area contributed by atoms with E-state index >= 15 is 0 Å². The number of hydrogen-bond donors (Lipinski definition) is 0. The number of carbonyl (C=O) groups excluding carboxylic acids is 1. The maximum absolute atomic E-state index is 10.4. The van der Waals surface area contributed by atoms with E-state index in [-0.39, 0.29) is 0 Å². The molecular formula is C14H19NO. The zero-order valence-corrected chi connectivity index (χ0v) is 9.91. The monoisotopic (exact) mass is 217 g/mol. The van der Waals surface area contributed by atoms with E-state index in [1.54, 1.807) is 0 Å². The molecule has 1 aromatic rings. The number of fused-ring (bicyclic) bond motifs is 1. The Hall–Kier alpha value is -1.15. The van der Waals surface area contributed by atoms with E-state index < -0.39 is 0 Å². The largest absolute Gasteiger partial charge is 0.302 e. The Morgan fingerprint density at radius 1 is 1.25 bits per heavy atom. The zero-order chi connectivity index (χ0) is 11.4. The second-order valence-electron chi connectivity index (χ2n) is 4.67. The van der Waals surface area contributed by atoms with Gasteiger partial charge in [0.15, 0.2) is 0 Å². The van der Waals surface area contributed by atoms with E-state index in [1.807, 2.05) is 11.9 Å². The minimum absolute atomic E-state index is 0.511. The first-order valence-corrected chi connectivity index (χ1v) is 6.02. The van der Waals surface area contributed by atoms with Crippen LogP contribution in [0.2, 0.25) is 0 Å². The normalized spacial score (nSPS) is 14.9. The van der Waals surface area contributed by atoms with Gasteiger partial charge >= 0.3 is 0 Å². The van der Waals surface area contributed by atoms with Gasteiger partial charge in [-0.05, 0) is 49.4 Å². The Labute approximate surface area is 97.3 Å². The van der Waals surface area contributed by atoms with Gasteiger partial charge in [0.25, 0.3) is 0 Å². The standard InChI is InChI=1S/C14H19NO/c1-15(8-9-16)11-12-6-7-13-4-2-3-5-14(13)10-12/h6-7,9-10H,2-5,8,11H2,1H3. The van der Waals surface area contributed by atoms with Crippen LogP contribution in [0.3, 0.4) is 0 Å². The van der Waals surface area contributed by atoms with Crippen molar-refractivity contribution < 1.29 is 4.79 Å². The molecule has 0 bridgehead atoms. The summed E-state index contributed by atoms with van der Waals surface area (Å²) in [7, 11) is 1.98. The molecule has 1 aliphatic rings. The summed E-state index contributed by atoms with van der Waals surface area (Å²) >= 11 is 0. The number of carbonyl (C=O) groups is 1. The molecule has 1 aliphatic carbocycles. The molecule has 0 radical (unpaired) electrons. The highest BCUT2D eigenvalue weighted by Gasteiger charge is 2.09. The number of nitrogens with zero attached hydrogens (tertiary/aromatic N) is 1. The van der Waals surface area contributed by atoms with Gasteiger partial charge < -0.3 is 4.79 Å². The zero-order valence-electron chi connectivity index (χ0n) is 9.91. The average molecular weight is 217 g/mol. The lowest BCUT2D eigenvalue weighted by molar-refractivity contribution is -0.108. The summed E-state index contributed by atoms with van der Waals surface area (Å²) in [6, 6.07) is 6.78. The predicted octanol–water partition coefficient (Wildman–Crippen LogP) is 2.20.